The Morgan fingerprint density at radius 2 is 1.96 bits per heavy atom. The summed E-state index contributed by atoms with van der Waals surface area (Å²) in [6.45, 7) is 6.22. The highest BCUT2D eigenvalue weighted by atomic mass is 32.1. The first-order valence-corrected chi connectivity index (χ1v) is 9.45. The van der Waals surface area contributed by atoms with E-state index in [4.69, 9.17) is 17.0 Å². The fourth-order valence-corrected chi connectivity index (χ4v) is 3.61. The van der Waals surface area contributed by atoms with Crippen molar-refractivity contribution in [2.45, 2.75) is 39.3 Å². The first-order chi connectivity index (χ1) is 12.5. The summed E-state index contributed by atoms with van der Waals surface area (Å²) >= 11 is 5.70. The van der Waals surface area contributed by atoms with Crippen LogP contribution in [0.5, 0.6) is 5.75 Å². The topological polar surface area (TPSA) is 44.7 Å². The molecular formula is C21H26N2O2S. The minimum absolute atomic E-state index is 0.180. The zero-order chi connectivity index (χ0) is 18.5. The van der Waals surface area contributed by atoms with E-state index in [-0.39, 0.29) is 6.10 Å². The Bertz CT molecular complexity index is 752. The van der Waals surface area contributed by atoms with Crippen LogP contribution in [-0.2, 0) is 11.3 Å². The van der Waals surface area contributed by atoms with Gasteiger partial charge < -0.3 is 20.1 Å². The quantitative estimate of drug-likeness (QED) is 0.765. The van der Waals surface area contributed by atoms with E-state index < -0.39 is 0 Å². The van der Waals surface area contributed by atoms with Gasteiger partial charge in [-0.15, -0.1) is 0 Å². The number of nitrogens with one attached hydrogen (secondary N) is 1. The molecule has 1 atom stereocenters. The molecule has 0 spiro atoms. The van der Waals surface area contributed by atoms with Gasteiger partial charge in [0.05, 0.1) is 6.10 Å². The molecule has 4 nitrogen and oxygen atoms in total. The number of thiocarbonyl (C=S) groups is 1. The van der Waals surface area contributed by atoms with E-state index in [1.165, 1.54) is 11.1 Å². The van der Waals surface area contributed by atoms with E-state index in [1.807, 2.05) is 18.2 Å². The molecule has 1 aliphatic heterocycles. The van der Waals surface area contributed by atoms with Crippen molar-refractivity contribution in [3.05, 3.63) is 59.2 Å². The molecular weight excluding hydrogens is 344 g/mol. The third-order valence-electron chi connectivity index (χ3n) is 4.56. The van der Waals surface area contributed by atoms with Crippen molar-refractivity contribution in [2.75, 3.05) is 18.5 Å². The van der Waals surface area contributed by atoms with Crippen LogP contribution in [0.2, 0.25) is 0 Å². The van der Waals surface area contributed by atoms with Crippen molar-refractivity contribution in [1.82, 2.24) is 4.90 Å². The minimum Gasteiger partial charge on any atom is -0.508 e. The van der Waals surface area contributed by atoms with Crippen LogP contribution < -0.4 is 5.32 Å². The third kappa shape index (κ3) is 4.96. The number of nitrogens with zero attached hydrogens (tertiary/aromatic N) is 1. The van der Waals surface area contributed by atoms with Gasteiger partial charge in [0.2, 0.25) is 0 Å². The summed E-state index contributed by atoms with van der Waals surface area (Å²) in [5.41, 5.74) is 4.24. The first-order valence-electron chi connectivity index (χ1n) is 9.04. The number of phenols is 1. The normalized spacial score (nSPS) is 16.5. The molecule has 0 aromatic heterocycles. The Hall–Kier alpha value is -2.11. The summed E-state index contributed by atoms with van der Waals surface area (Å²) < 4.78 is 5.80. The predicted molar refractivity (Wildman–Crippen MR) is 110 cm³/mol. The number of hydrogen-bond donors (Lipinski definition) is 2. The van der Waals surface area contributed by atoms with Crippen molar-refractivity contribution >= 4 is 23.0 Å². The Kier molecular flexibility index (Phi) is 6.12. The molecule has 5 heteroatoms. The lowest BCUT2D eigenvalue weighted by atomic mass is 10.1. The van der Waals surface area contributed by atoms with Crippen LogP contribution in [0.15, 0.2) is 42.5 Å². The standard InChI is InChI=1S/C21H26N2O2S/c1-15-10-16(2)12-18(11-15)22-21(26)23(14-19-7-5-9-25-19)13-17-6-3-4-8-20(17)24/h3-4,6,8,10-12,19,24H,5,7,9,13-14H2,1-2H3,(H,22,26). The van der Waals surface area contributed by atoms with Gasteiger partial charge in [0.25, 0.3) is 0 Å². The molecule has 26 heavy (non-hydrogen) atoms. The summed E-state index contributed by atoms with van der Waals surface area (Å²) in [7, 11) is 0. The fourth-order valence-electron chi connectivity index (χ4n) is 3.35. The highest BCUT2D eigenvalue weighted by Gasteiger charge is 2.22. The van der Waals surface area contributed by atoms with Crippen molar-refractivity contribution in [1.29, 1.82) is 0 Å². The summed E-state index contributed by atoms with van der Waals surface area (Å²) in [5, 5.41) is 14.1. The van der Waals surface area contributed by atoms with Gasteiger partial charge in [-0.3, -0.25) is 0 Å². The van der Waals surface area contributed by atoms with E-state index in [9.17, 15) is 5.11 Å². The van der Waals surface area contributed by atoms with Crippen LogP contribution in [0, 0.1) is 13.8 Å². The van der Waals surface area contributed by atoms with Crippen molar-refractivity contribution in [3.8, 4) is 5.75 Å². The van der Waals surface area contributed by atoms with Crippen LogP contribution in [0.25, 0.3) is 0 Å². The SMILES string of the molecule is Cc1cc(C)cc(NC(=S)N(Cc2ccccc2O)CC2CCCO2)c1. The van der Waals surface area contributed by atoms with Crippen molar-refractivity contribution in [2.24, 2.45) is 0 Å². The maximum atomic E-state index is 10.1. The first kappa shape index (κ1) is 18.7. The molecule has 0 radical (unpaired) electrons. The number of hydrogen-bond acceptors (Lipinski definition) is 3. The average Bonchev–Trinajstić information content (AvgIpc) is 3.08. The molecule has 0 amide bonds. The molecule has 138 valence electrons. The van der Waals surface area contributed by atoms with Gasteiger partial charge in [-0.1, -0.05) is 24.3 Å². The van der Waals surface area contributed by atoms with Crippen molar-refractivity contribution < 1.29 is 9.84 Å². The lowest BCUT2D eigenvalue weighted by Crippen LogP contribution is -2.39. The second kappa shape index (κ2) is 8.52. The highest BCUT2D eigenvalue weighted by Crippen LogP contribution is 2.22. The maximum Gasteiger partial charge on any atom is 0.173 e. The number of anilines is 1. The molecule has 1 aliphatic rings. The molecule has 0 bridgehead atoms. The zero-order valence-electron chi connectivity index (χ0n) is 15.4. The second-order valence-electron chi connectivity index (χ2n) is 6.95. The molecule has 2 aromatic rings. The lowest BCUT2D eigenvalue weighted by Gasteiger charge is -2.28. The van der Waals surface area contributed by atoms with Crippen LogP contribution in [0.1, 0.15) is 29.5 Å². The summed E-state index contributed by atoms with van der Waals surface area (Å²) in [6, 6.07) is 13.7. The number of ether oxygens (including phenoxy) is 1. The van der Waals surface area contributed by atoms with E-state index in [0.717, 1.165) is 30.7 Å². The largest absolute Gasteiger partial charge is 0.508 e. The number of para-hydroxylation sites is 1. The Morgan fingerprint density at radius 1 is 1.23 bits per heavy atom. The molecule has 1 saturated heterocycles. The monoisotopic (exact) mass is 370 g/mol. The fraction of sp³-hybridized carbons (Fsp3) is 0.381. The van der Waals surface area contributed by atoms with Crippen LogP contribution in [-0.4, -0.2) is 34.4 Å². The van der Waals surface area contributed by atoms with Crippen molar-refractivity contribution in [3.63, 3.8) is 0 Å². The van der Waals surface area contributed by atoms with Crippen LogP contribution >= 0.6 is 12.2 Å². The number of rotatable bonds is 5. The molecule has 3 rings (SSSR count). The second-order valence-corrected chi connectivity index (χ2v) is 7.34. The number of phenolic OH excluding ortho intramolecular Hbond substituents is 1. The van der Waals surface area contributed by atoms with Gasteiger partial charge in [-0.2, -0.15) is 0 Å². The highest BCUT2D eigenvalue weighted by molar-refractivity contribution is 7.80. The van der Waals surface area contributed by atoms with Gasteiger partial charge in [-0.25, -0.2) is 0 Å². The van der Waals surface area contributed by atoms with Gasteiger partial charge in [0, 0.05) is 30.9 Å². The molecule has 1 unspecified atom stereocenters. The third-order valence-corrected chi connectivity index (χ3v) is 4.92. The summed E-state index contributed by atoms with van der Waals surface area (Å²) in [5.74, 6) is 0.291. The van der Waals surface area contributed by atoms with E-state index in [0.29, 0.717) is 24.0 Å². The smallest absolute Gasteiger partial charge is 0.173 e. The predicted octanol–water partition coefficient (Wildman–Crippen LogP) is 4.39. The molecule has 0 saturated carbocycles. The molecule has 1 fully saturated rings. The van der Waals surface area contributed by atoms with Gasteiger partial charge >= 0.3 is 0 Å². The summed E-state index contributed by atoms with van der Waals surface area (Å²) in [4.78, 5) is 2.08. The van der Waals surface area contributed by atoms with E-state index >= 15 is 0 Å². The molecule has 2 N–H and O–H groups in total. The Balaban J connectivity index is 1.76. The molecule has 1 heterocycles. The Labute approximate surface area is 160 Å². The molecule has 2 aromatic carbocycles. The number of aryl methyl sites for hydroxylation is 2. The maximum absolute atomic E-state index is 10.1. The molecule has 0 aliphatic carbocycles. The van der Waals surface area contributed by atoms with Crippen LogP contribution in [0.3, 0.4) is 0 Å². The summed E-state index contributed by atoms with van der Waals surface area (Å²) in [6.07, 6.45) is 2.32. The van der Waals surface area contributed by atoms with Gasteiger partial charge in [0.1, 0.15) is 5.75 Å². The minimum atomic E-state index is 0.180. The zero-order valence-corrected chi connectivity index (χ0v) is 16.2. The average molecular weight is 371 g/mol. The Morgan fingerprint density at radius 3 is 2.62 bits per heavy atom. The lowest BCUT2D eigenvalue weighted by molar-refractivity contribution is 0.0904. The van der Waals surface area contributed by atoms with E-state index in [2.05, 4.69) is 42.3 Å². The number of aromatic hydroxyl groups is 1. The van der Waals surface area contributed by atoms with Crippen LogP contribution in [0.4, 0.5) is 5.69 Å². The van der Waals surface area contributed by atoms with Gasteiger partial charge in [0.15, 0.2) is 5.11 Å². The van der Waals surface area contributed by atoms with E-state index in [1.54, 1.807) is 6.07 Å². The number of benzene rings is 2. The van der Waals surface area contributed by atoms with Gasteiger partial charge in [-0.05, 0) is 68.2 Å².